The quantitative estimate of drug-likeness (QED) is 0.00493. The maximum absolute atomic E-state index is 14.5. The van der Waals surface area contributed by atoms with E-state index in [1.54, 1.807) is 112 Å². The molecule has 0 aromatic heterocycles. The maximum Gasteiger partial charge on any atom is 0.437 e. The van der Waals surface area contributed by atoms with Crippen LogP contribution in [0.5, 0.6) is 5.75 Å². The first-order valence-electron chi connectivity index (χ1n) is 26.7. The molecule has 24 heteroatoms. The highest BCUT2D eigenvalue weighted by molar-refractivity contribution is 6.38. The molecule has 8 N–H and O–H groups in total. The summed E-state index contributed by atoms with van der Waals surface area (Å²) in [5, 5.41) is 22.5. The summed E-state index contributed by atoms with van der Waals surface area (Å²) in [6.45, 7) is 7.23. The number of carbonyl (C=O) groups excluding carboxylic acids is 10. The Morgan fingerprint density at radius 1 is 0.798 bits per heavy atom. The number of Topliss-reactive ketones (excluding diaryl/α,β-unsaturated/α-hetero) is 1. The van der Waals surface area contributed by atoms with Crippen LogP contribution in [0.4, 0.5) is 14.4 Å². The normalized spacial score (nSPS) is 14.3. The molecule has 1 aliphatic rings. The largest absolute Gasteiger partial charge is 0.508 e. The standard InChI is InChI=1S/C60H69N9O15/c1-5-33-81-55(77)49-24-16-31-68(49)54(76)48(63-39-70)36-62-50(72)30-27-44(34-41-25-28-45(71)29-26-41)64-52(74)47(35-40-17-9-6-10-18-40)65-53(75)51(73)46(66-58(79)84-60(2,3)4)23-15-32-69(59(80)83-38-43-21-13-8-14-22-43)56(61)67-57(78)82-37-42-19-11-7-12-20-42/h5-14,17-22,25-30,34,39,46-49,71H,1,15-16,23-24,31-33,35-38H2,2-4H3,(H,62,72)(H,63,70)(H,64,74)(H,65,75)(H,66,79)(H2,61,67,78)/b30-27+,44-34-/t46-,47+,48-,49-/m0/s1. The van der Waals surface area contributed by atoms with Crippen LogP contribution < -0.4 is 32.3 Å². The molecule has 1 saturated heterocycles. The molecular weight excluding hydrogens is 1090 g/mol. The minimum absolute atomic E-state index is 0.0420. The number of benzene rings is 4. The number of aromatic hydroxyl groups is 1. The highest BCUT2D eigenvalue weighted by Gasteiger charge is 2.38. The summed E-state index contributed by atoms with van der Waals surface area (Å²) < 4.78 is 21.3. The van der Waals surface area contributed by atoms with Gasteiger partial charge in [0.25, 0.3) is 5.91 Å². The third-order valence-corrected chi connectivity index (χ3v) is 12.2. The number of aliphatic imine (C=N–C) groups is 1. The molecule has 1 fully saturated rings. The van der Waals surface area contributed by atoms with Gasteiger partial charge in [-0.2, -0.15) is 0 Å². The van der Waals surface area contributed by atoms with E-state index in [1.165, 1.54) is 47.4 Å². The minimum atomic E-state index is -1.66. The number of rotatable bonds is 27. The number of esters is 1. The third-order valence-electron chi connectivity index (χ3n) is 12.2. The predicted octanol–water partition coefficient (Wildman–Crippen LogP) is 4.62. The van der Waals surface area contributed by atoms with E-state index < -0.39 is 95.9 Å². The highest BCUT2D eigenvalue weighted by Crippen LogP contribution is 2.20. The number of ether oxygens (including phenoxy) is 4. The van der Waals surface area contributed by atoms with Crippen LogP contribution in [-0.4, -0.2) is 137 Å². The van der Waals surface area contributed by atoms with Crippen LogP contribution >= 0.6 is 0 Å². The molecule has 0 bridgehead atoms. The molecule has 5 rings (SSSR count). The molecule has 24 nitrogen and oxygen atoms in total. The van der Waals surface area contributed by atoms with Gasteiger partial charge in [-0.3, -0.25) is 28.8 Å². The fraction of sp³-hybridized carbons (Fsp3) is 0.317. The number of guanidine groups is 1. The van der Waals surface area contributed by atoms with Crippen molar-refractivity contribution in [3.05, 3.63) is 168 Å². The number of carbonyl (C=O) groups is 10. The first kappa shape index (κ1) is 64.7. The van der Waals surface area contributed by atoms with Gasteiger partial charge in [-0.25, -0.2) is 24.1 Å². The van der Waals surface area contributed by atoms with Crippen molar-refractivity contribution in [2.24, 2.45) is 10.7 Å². The van der Waals surface area contributed by atoms with Crippen LogP contribution in [0.25, 0.3) is 6.08 Å². The fourth-order valence-corrected chi connectivity index (χ4v) is 8.17. The number of phenolic OH excluding ortho intramolecular Hbond substituents is 1. The number of hydrogen-bond acceptors (Lipinski definition) is 15. The van der Waals surface area contributed by atoms with Crippen molar-refractivity contribution in [3.8, 4) is 5.75 Å². The van der Waals surface area contributed by atoms with E-state index in [1.807, 2.05) is 0 Å². The molecule has 444 valence electrons. The SMILES string of the molecule is C=CCOC(=O)[C@@H]1CCCN1C(=O)[C@H](CNC(=O)/C=C/C(=C/c1ccc(O)cc1)NC(=O)[C@@H](Cc1ccccc1)NC(=O)C(=O)[C@H](CCCN(C(=O)OCc1ccccc1)/C(N)=N/C(=O)OCc1ccccc1)NC(=O)OC(C)(C)C)NC=O. The van der Waals surface area contributed by atoms with Crippen LogP contribution in [0.15, 0.2) is 151 Å². The van der Waals surface area contributed by atoms with Crippen molar-refractivity contribution in [2.45, 2.75) is 95.9 Å². The number of allylic oxidation sites excluding steroid dienone is 1. The van der Waals surface area contributed by atoms with Crippen LogP contribution in [-0.2, 0) is 72.1 Å². The number of ketones is 1. The Hall–Kier alpha value is -10.1. The summed E-state index contributed by atoms with van der Waals surface area (Å²) in [4.78, 5) is 140. The van der Waals surface area contributed by atoms with Crippen molar-refractivity contribution >= 4 is 72.1 Å². The van der Waals surface area contributed by atoms with E-state index in [9.17, 15) is 53.1 Å². The highest BCUT2D eigenvalue weighted by atomic mass is 16.6. The zero-order valence-corrected chi connectivity index (χ0v) is 46.7. The average molecular weight is 1160 g/mol. The fourth-order valence-electron chi connectivity index (χ4n) is 8.17. The third kappa shape index (κ3) is 22.1. The van der Waals surface area contributed by atoms with Crippen LogP contribution in [0.2, 0.25) is 0 Å². The number of phenols is 1. The Morgan fingerprint density at radius 2 is 1.42 bits per heavy atom. The molecule has 4 aromatic carbocycles. The topological polar surface area (TPSA) is 333 Å². The van der Waals surface area contributed by atoms with Crippen molar-refractivity contribution in [2.75, 3.05) is 26.2 Å². The Balaban J connectivity index is 1.36. The number of nitrogens with one attached hydrogen (secondary N) is 5. The molecule has 1 heterocycles. The molecule has 0 unspecified atom stereocenters. The Bertz CT molecular complexity index is 3020. The van der Waals surface area contributed by atoms with Crippen LogP contribution in [0.1, 0.15) is 68.7 Å². The number of likely N-dealkylation sites (tertiary alicyclic amines) is 1. The molecule has 84 heavy (non-hydrogen) atoms. The lowest BCUT2D eigenvalue weighted by Gasteiger charge is -2.27. The van der Waals surface area contributed by atoms with Gasteiger partial charge in [0.15, 0.2) is 0 Å². The van der Waals surface area contributed by atoms with E-state index in [2.05, 4.69) is 38.2 Å². The lowest BCUT2D eigenvalue weighted by atomic mass is 10.0. The zero-order valence-electron chi connectivity index (χ0n) is 46.7. The summed E-state index contributed by atoms with van der Waals surface area (Å²) in [7, 11) is 0. The van der Waals surface area contributed by atoms with Crippen molar-refractivity contribution in [1.29, 1.82) is 0 Å². The number of nitrogens with two attached hydrogens (primary N) is 1. The van der Waals surface area contributed by atoms with E-state index >= 15 is 0 Å². The van der Waals surface area contributed by atoms with Gasteiger partial charge in [-0.1, -0.05) is 116 Å². The van der Waals surface area contributed by atoms with Gasteiger partial charge in [0.2, 0.25) is 35.9 Å². The molecule has 0 spiro atoms. The van der Waals surface area contributed by atoms with Crippen molar-refractivity contribution in [3.63, 3.8) is 0 Å². The maximum atomic E-state index is 14.5. The molecule has 4 atom stereocenters. The Morgan fingerprint density at radius 3 is 2.02 bits per heavy atom. The second-order valence-electron chi connectivity index (χ2n) is 19.8. The van der Waals surface area contributed by atoms with Gasteiger partial charge >= 0.3 is 24.2 Å². The zero-order chi connectivity index (χ0) is 61.0. The molecule has 0 radical (unpaired) electrons. The smallest absolute Gasteiger partial charge is 0.437 e. The van der Waals surface area contributed by atoms with Gasteiger partial charge in [-0.05, 0) is 93.0 Å². The van der Waals surface area contributed by atoms with Crippen molar-refractivity contribution < 1.29 is 72.0 Å². The monoisotopic (exact) mass is 1160 g/mol. The van der Waals surface area contributed by atoms with Gasteiger partial charge in [-0.15, -0.1) is 4.99 Å². The summed E-state index contributed by atoms with van der Waals surface area (Å²) >= 11 is 0. The van der Waals surface area contributed by atoms with Crippen LogP contribution in [0, 0.1) is 0 Å². The van der Waals surface area contributed by atoms with E-state index in [-0.39, 0.29) is 70.0 Å². The van der Waals surface area contributed by atoms with Gasteiger partial charge in [0.1, 0.15) is 55.3 Å². The lowest BCUT2D eigenvalue weighted by Crippen LogP contribution is -2.54. The average Bonchev–Trinajstić information content (AvgIpc) is 4.12. The summed E-state index contributed by atoms with van der Waals surface area (Å²) in [5.74, 6) is -6.22. The molecule has 1 aliphatic heterocycles. The van der Waals surface area contributed by atoms with Gasteiger partial charge < -0.3 is 61.3 Å². The van der Waals surface area contributed by atoms with E-state index in [0.29, 0.717) is 35.1 Å². The van der Waals surface area contributed by atoms with Gasteiger partial charge in [0, 0.05) is 37.8 Å². The van der Waals surface area contributed by atoms with Gasteiger partial charge in [0.05, 0.1) is 0 Å². The van der Waals surface area contributed by atoms with E-state index in [0.717, 1.165) is 11.0 Å². The molecule has 0 aliphatic carbocycles. The molecular formula is C60H69N9O15. The summed E-state index contributed by atoms with van der Waals surface area (Å²) in [5.41, 5.74) is 7.35. The molecule has 4 aromatic rings. The first-order valence-corrected chi connectivity index (χ1v) is 26.7. The Labute approximate surface area is 485 Å². The first-order chi connectivity index (χ1) is 40.2. The van der Waals surface area contributed by atoms with E-state index in [4.69, 9.17) is 24.7 Å². The second-order valence-corrected chi connectivity index (χ2v) is 19.8. The Kier molecular flexibility index (Phi) is 25.4. The molecule has 0 saturated carbocycles. The minimum Gasteiger partial charge on any atom is -0.508 e. The number of hydrogen-bond donors (Lipinski definition) is 7. The van der Waals surface area contributed by atoms with Crippen LogP contribution in [0.3, 0.4) is 0 Å². The second kappa shape index (κ2) is 33.0. The lowest BCUT2D eigenvalue weighted by molar-refractivity contribution is -0.153. The summed E-state index contributed by atoms with van der Waals surface area (Å²) in [6, 6.07) is 26.2. The summed E-state index contributed by atoms with van der Waals surface area (Å²) in [6.07, 6.45) is 2.14. The number of alkyl carbamates (subject to hydrolysis) is 1. The number of amides is 8. The van der Waals surface area contributed by atoms with Crippen molar-refractivity contribution in [1.82, 2.24) is 36.4 Å². The number of nitrogens with zero attached hydrogens (tertiary/aromatic N) is 3. The predicted molar refractivity (Wildman–Crippen MR) is 306 cm³/mol. The molecule has 8 amide bonds.